The number of hydrogen-bond donors (Lipinski definition) is 3. The molecule has 0 bridgehead atoms. The molecule has 128 valence electrons. The van der Waals surface area contributed by atoms with E-state index in [4.69, 9.17) is 0 Å². The lowest BCUT2D eigenvalue weighted by atomic mass is 9.86. The predicted molar refractivity (Wildman–Crippen MR) is 91.7 cm³/mol. The van der Waals surface area contributed by atoms with Crippen molar-refractivity contribution in [3.05, 3.63) is 29.8 Å². The van der Waals surface area contributed by atoms with Crippen molar-refractivity contribution in [2.24, 2.45) is 5.92 Å². The molecule has 1 aromatic carbocycles. The summed E-state index contributed by atoms with van der Waals surface area (Å²) < 4.78 is 24.9. The second-order valence-electron chi connectivity index (χ2n) is 6.27. The Bertz CT molecular complexity index is 646. The number of urea groups is 1. The van der Waals surface area contributed by atoms with E-state index in [1.807, 2.05) is 6.07 Å². The van der Waals surface area contributed by atoms with Crippen molar-refractivity contribution in [3.63, 3.8) is 0 Å². The maximum Gasteiger partial charge on any atom is 0.315 e. The Kier molecular flexibility index (Phi) is 5.87. The Hall–Kier alpha value is -1.76. The van der Waals surface area contributed by atoms with Gasteiger partial charge in [-0.3, -0.25) is 4.72 Å². The molecule has 1 aliphatic rings. The van der Waals surface area contributed by atoms with Gasteiger partial charge in [0.25, 0.3) is 0 Å². The van der Waals surface area contributed by atoms with Crippen LogP contribution in [0.25, 0.3) is 0 Å². The molecule has 3 N–H and O–H groups in total. The van der Waals surface area contributed by atoms with Crippen LogP contribution in [0.3, 0.4) is 0 Å². The SMILES string of the molecule is C[C@H]1CCCC[C@@H]1NC(=O)NCc1cccc(NS(C)(=O)=O)c1. The van der Waals surface area contributed by atoms with Crippen molar-refractivity contribution in [1.82, 2.24) is 10.6 Å². The molecule has 1 aromatic rings. The van der Waals surface area contributed by atoms with Crippen LogP contribution in [0.4, 0.5) is 10.5 Å². The highest BCUT2D eigenvalue weighted by Gasteiger charge is 2.22. The summed E-state index contributed by atoms with van der Waals surface area (Å²) in [4.78, 5) is 12.0. The van der Waals surface area contributed by atoms with Gasteiger partial charge in [0.15, 0.2) is 0 Å². The molecule has 0 aromatic heterocycles. The number of nitrogens with one attached hydrogen (secondary N) is 3. The Morgan fingerprint density at radius 1 is 1.26 bits per heavy atom. The number of anilines is 1. The summed E-state index contributed by atoms with van der Waals surface area (Å²) in [6.45, 7) is 2.52. The third-order valence-electron chi connectivity index (χ3n) is 4.11. The number of hydrogen-bond acceptors (Lipinski definition) is 3. The fourth-order valence-corrected chi connectivity index (χ4v) is 3.45. The van der Waals surface area contributed by atoms with Crippen LogP contribution in [-0.4, -0.2) is 26.7 Å². The molecule has 0 spiro atoms. The number of benzene rings is 1. The van der Waals surface area contributed by atoms with Gasteiger partial charge in [0.1, 0.15) is 0 Å². The van der Waals surface area contributed by atoms with Crippen LogP contribution in [0.1, 0.15) is 38.2 Å². The van der Waals surface area contributed by atoms with Gasteiger partial charge in [-0.2, -0.15) is 0 Å². The molecule has 1 saturated carbocycles. The Morgan fingerprint density at radius 3 is 2.70 bits per heavy atom. The van der Waals surface area contributed by atoms with E-state index in [0.717, 1.165) is 31.1 Å². The number of carbonyl (C=O) groups excluding carboxylic acids is 1. The van der Waals surface area contributed by atoms with Crippen LogP contribution in [0.5, 0.6) is 0 Å². The zero-order chi connectivity index (χ0) is 16.9. The van der Waals surface area contributed by atoms with Crippen molar-refractivity contribution < 1.29 is 13.2 Å². The van der Waals surface area contributed by atoms with Crippen LogP contribution < -0.4 is 15.4 Å². The molecule has 0 radical (unpaired) electrons. The third kappa shape index (κ3) is 6.09. The zero-order valence-corrected chi connectivity index (χ0v) is 14.4. The van der Waals surface area contributed by atoms with E-state index in [-0.39, 0.29) is 12.1 Å². The first-order valence-electron chi connectivity index (χ1n) is 7.94. The minimum atomic E-state index is -3.30. The Balaban J connectivity index is 1.85. The number of carbonyl (C=O) groups is 1. The van der Waals surface area contributed by atoms with E-state index in [2.05, 4.69) is 22.3 Å². The van der Waals surface area contributed by atoms with Crippen molar-refractivity contribution in [2.75, 3.05) is 11.0 Å². The molecule has 6 nitrogen and oxygen atoms in total. The molecule has 2 amide bonds. The quantitative estimate of drug-likeness (QED) is 0.770. The summed E-state index contributed by atoms with van der Waals surface area (Å²) in [6.07, 6.45) is 5.69. The van der Waals surface area contributed by atoms with Crippen molar-refractivity contribution in [1.29, 1.82) is 0 Å². The molecule has 0 unspecified atom stereocenters. The molecule has 7 heteroatoms. The maximum absolute atomic E-state index is 12.0. The lowest BCUT2D eigenvalue weighted by molar-refractivity contribution is 0.221. The highest BCUT2D eigenvalue weighted by atomic mass is 32.2. The van der Waals surface area contributed by atoms with Gasteiger partial charge < -0.3 is 10.6 Å². The van der Waals surface area contributed by atoms with Crippen LogP contribution in [-0.2, 0) is 16.6 Å². The van der Waals surface area contributed by atoms with Crippen LogP contribution >= 0.6 is 0 Å². The number of rotatable bonds is 5. The standard InChI is InChI=1S/C16H25N3O3S/c1-12-6-3-4-9-15(12)18-16(20)17-11-13-7-5-8-14(10-13)19-23(2,21)22/h5,7-8,10,12,15,19H,3-4,6,9,11H2,1-2H3,(H2,17,18,20)/t12-,15-/m0/s1. The largest absolute Gasteiger partial charge is 0.335 e. The van der Waals surface area contributed by atoms with Crippen molar-refractivity contribution in [3.8, 4) is 0 Å². The summed E-state index contributed by atoms with van der Waals surface area (Å²) in [5.74, 6) is 0.511. The average molecular weight is 339 g/mol. The Labute approximate surface area is 138 Å². The highest BCUT2D eigenvalue weighted by molar-refractivity contribution is 7.92. The second kappa shape index (κ2) is 7.68. The topological polar surface area (TPSA) is 87.3 Å². The third-order valence-corrected chi connectivity index (χ3v) is 4.72. The van der Waals surface area contributed by atoms with Crippen LogP contribution in [0.2, 0.25) is 0 Å². The first-order chi connectivity index (χ1) is 10.8. The predicted octanol–water partition coefficient (Wildman–Crippen LogP) is 2.44. The monoisotopic (exact) mass is 339 g/mol. The van der Waals surface area contributed by atoms with Crippen LogP contribution in [0, 0.1) is 5.92 Å². The van der Waals surface area contributed by atoms with Crippen LogP contribution in [0.15, 0.2) is 24.3 Å². The van der Waals surface area contributed by atoms with E-state index in [0.29, 0.717) is 18.2 Å². The minimum absolute atomic E-state index is 0.176. The molecule has 23 heavy (non-hydrogen) atoms. The minimum Gasteiger partial charge on any atom is -0.335 e. The normalized spacial score (nSPS) is 21.5. The Morgan fingerprint density at radius 2 is 2.00 bits per heavy atom. The van der Waals surface area contributed by atoms with Gasteiger partial charge in [-0.15, -0.1) is 0 Å². The fraction of sp³-hybridized carbons (Fsp3) is 0.562. The van der Waals surface area contributed by atoms with E-state index in [1.165, 1.54) is 6.42 Å². The van der Waals surface area contributed by atoms with Gasteiger partial charge in [0, 0.05) is 18.3 Å². The number of amides is 2. The zero-order valence-electron chi connectivity index (χ0n) is 13.6. The molecule has 2 atom stereocenters. The van der Waals surface area contributed by atoms with Crippen molar-refractivity contribution in [2.45, 2.75) is 45.2 Å². The number of sulfonamides is 1. The summed E-state index contributed by atoms with van der Waals surface area (Å²) in [6, 6.07) is 7.05. The first kappa shape index (κ1) is 17.6. The summed E-state index contributed by atoms with van der Waals surface area (Å²) >= 11 is 0. The lowest BCUT2D eigenvalue weighted by Gasteiger charge is -2.29. The first-order valence-corrected chi connectivity index (χ1v) is 9.84. The molecule has 1 fully saturated rings. The highest BCUT2D eigenvalue weighted by Crippen LogP contribution is 2.23. The van der Waals surface area contributed by atoms with Gasteiger partial charge in [0.2, 0.25) is 10.0 Å². The molecule has 0 heterocycles. The lowest BCUT2D eigenvalue weighted by Crippen LogP contribution is -2.45. The molecule has 0 aliphatic heterocycles. The molecular weight excluding hydrogens is 314 g/mol. The fourth-order valence-electron chi connectivity index (χ4n) is 2.89. The van der Waals surface area contributed by atoms with E-state index in [9.17, 15) is 13.2 Å². The maximum atomic E-state index is 12.0. The van der Waals surface area contributed by atoms with E-state index in [1.54, 1.807) is 18.2 Å². The van der Waals surface area contributed by atoms with Gasteiger partial charge in [-0.1, -0.05) is 31.9 Å². The van der Waals surface area contributed by atoms with Gasteiger partial charge in [-0.05, 0) is 36.5 Å². The summed E-state index contributed by atoms with van der Waals surface area (Å²) in [7, 11) is -3.30. The average Bonchev–Trinajstić information content (AvgIpc) is 2.46. The van der Waals surface area contributed by atoms with Gasteiger partial charge in [-0.25, -0.2) is 13.2 Å². The summed E-state index contributed by atoms with van der Waals surface area (Å²) in [5, 5.41) is 5.86. The van der Waals surface area contributed by atoms with E-state index >= 15 is 0 Å². The van der Waals surface area contributed by atoms with Gasteiger partial charge in [0.05, 0.1) is 6.26 Å². The molecular formula is C16H25N3O3S. The molecule has 1 aliphatic carbocycles. The molecule has 2 rings (SSSR count). The smallest absolute Gasteiger partial charge is 0.315 e. The molecule has 0 saturated heterocycles. The van der Waals surface area contributed by atoms with E-state index < -0.39 is 10.0 Å². The van der Waals surface area contributed by atoms with Crippen molar-refractivity contribution >= 4 is 21.7 Å². The summed E-state index contributed by atoms with van der Waals surface area (Å²) in [5.41, 5.74) is 1.33. The van der Waals surface area contributed by atoms with Gasteiger partial charge >= 0.3 is 6.03 Å². The second-order valence-corrected chi connectivity index (χ2v) is 8.02.